The minimum absolute atomic E-state index is 0.303. The molecular weight excluding hydrogens is 390 g/mol. The Hall–Kier alpha value is -3.28. The zero-order valence-electron chi connectivity index (χ0n) is 18.4. The van der Waals surface area contributed by atoms with Gasteiger partial charge in [0.05, 0.1) is 12.2 Å². The number of hydrogen-bond acceptors (Lipinski definition) is 5. The van der Waals surface area contributed by atoms with E-state index in [-0.39, 0.29) is 11.8 Å². The Labute approximate surface area is 183 Å². The summed E-state index contributed by atoms with van der Waals surface area (Å²) in [4.78, 5) is 29.1. The number of carbonyl (C=O) groups is 2. The maximum Gasteiger partial charge on any atom is 0.277 e. The van der Waals surface area contributed by atoms with Gasteiger partial charge in [0.25, 0.3) is 11.8 Å². The van der Waals surface area contributed by atoms with E-state index in [0.717, 1.165) is 29.4 Å². The topological polar surface area (TPSA) is 61.9 Å². The predicted molar refractivity (Wildman–Crippen MR) is 123 cm³/mol. The van der Waals surface area contributed by atoms with Crippen LogP contribution in [0.2, 0.25) is 0 Å². The second-order valence-corrected chi connectivity index (χ2v) is 8.51. The second-order valence-electron chi connectivity index (χ2n) is 8.51. The second kappa shape index (κ2) is 8.84. The molecule has 1 saturated heterocycles. The van der Waals surface area contributed by atoms with Gasteiger partial charge in [-0.25, -0.2) is 0 Å². The summed E-state index contributed by atoms with van der Waals surface area (Å²) in [5, 5.41) is 3.19. The van der Waals surface area contributed by atoms with Crippen molar-refractivity contribution in [3.63, 3.8) is 0 Å². The maximum absolute atomic E-state index is 12.8. The number of rotatable bonds is 7. The highest BCUT2D eigenvalue weighted by atomic mass is 16.5. The molecule has 2 amide bonds. The molecule has 31 heavy (non-hydrogen) atoms. The lowest BCUT2D eigenvalue weighted by molar-refractivity contribution is -0.135. The molecule has 1 fully saturated rings. The Morgan fingerprint density at radius 3 is 2.19 bits per heavy atom. The summed E-state index contributed by atoms with van der Waals surface area (Å²) < 4.78 is 5.73. The summed E-state index contributed by atoms with van der Waals surface area (Å²) in [6.07, 6.45) is 2.45. The fraction of sp³-hybridized carbons (Fsp3) is 0.360. The summed E-state index contributed by atoms with van der Waals surface area (Å²) >= 11 is 0. The number of imide groups is 1. The van der Waals surface area contributed by atoms with Crippen LogP contribution in [0.3, 0.4) is 0 Å². The first kappa shape index (κ1) is 21.0. The molecule has 1 N–H and O–H groups in total. The van der Waals surface area contributed by atoms with Crippen LogP contribution in [0.25, 0.3) is 5.57 Å². The van der Waals surface area contributed by atoms with Crippen LogP contribution < -0.4 is 15.0 Å². The van der Waals surface area contributed by atoms with Gasteiger partial charge in [-0.1, -0.05) is 26.0 Å². The van der Waals surface area contributed by atoms with Crippen molar-refractivity contribution in [3.05, 3.63) is 59.8 Å². The van der Waals surface area contributed by atoms with Gasteiger partial charge < -0.3 is 15.0 Å². The molecule has 0 aliphatic carbocycles. The molecule has 2 aliphatic heterocycles. The molecule has 6 heteroatoms. The van der Waals surface area contributed by atoms with Crippen molar-refractivity contribution in [2.24, 2.45) is 5.92 Å². The molecule has 0 saturated carbocycles. The van der Waals surface area contributed by atoms with Crippen LogP contribution >= 0.6 is 0 Å². The first-order valence-corrected chi connectivity index (χ1v) is 10.9. The number of anilines is 2. The molecule has 2 aromatic carbocycles. The van der Waals surface area contributed by atoms with Crippen LogP contribution in [0.15, 0.2) is 54.2 Å². The molecule has 0 radical (unpaired) electrons. The normalized spacial score (nSPS) is 16.6. The van der Waals surface area contributed by atoms with E-state index < -0.39 is 0 Å². The monoisotopic (exact) mass is 419 g/mol. The smallest absolute Gasteiger partial charge is 0.277 e. The molecule has 0 aromatic heterocycles. The zero-order chi connectivity index (χ0) is 22.0. The van der Waals surface area contributed by atoms with Crippen molar-refractivity contribution in [2.75, 3.05) is 37.0 Å². The quantitative estimate of drug-likeness (QED) is 0.684. The first-order chi connectivity index (χ1) is 14.9. The van der Waals surface area contributed by atoms with Crippen molar-refractivity contribution in [2.45, 2.75) is 26.7 Å². The van der Waals surface area contributed by atoms with Crippen molar-refractivity contribution in [3.8, 4) is 5.75 Å². The summed E-state index contributed by atoms with van der Waals surface area (Å²) in [7, 11) is 1.51. The summed E-state index contributed by atoms with van der Waals surface area (Å²) in [5.74, 6) is 0.536. The summed E-state index contributed by atoms with van der Waals surface area (Å²) in [5.41, 5.74) is 3.34. The van der Waals surface area contributed by atoms with Gasteiger partial charge in [0.1, 0.15) is 11.4 Å². The van der Waals surface area contributed by atoms with Gasteiger partial charge in [-0.05, 0) is 60.7 Å². The van der Waals surface area contributed by atoms with Gasteiger partial charge in [0.15, 0.2) is 0 Å². The molecule has 162 valence electrons. The average molecular weight is 420 g/mol. The number of nitrogens with one attached hydrogen (secondary N) is 1. The van der Waals surface area contributed by atoms with Gasteiger partial charge >= 0.3 is 0 Å². The SMILES string of the molecule is CC(C)COc1ccc(C2=C(Nc3ccc(N4CCCC4)cc3)C(=O)N(C)C2=O)cc1. The predicted octanol–water partition coefficient (Wildman–Crippen LogP) is 4.14. The number of benzene rings is 2. The third-order valence-electron chi connectivity index (χ3n) is 5.62. The highest BCUT2D eigenvalue weighted by molar-refractivity contribution is 6.36. The van der Waals surface area contributed by atoms with E-state index in [9.17, 15) is 9.59 Å². The Balaban J connectivity index is 1.58. The van der Waals surface area contributed by atoms with Crippen molar-refractivity contribution in [1.82, 2.24) is 4.90 Å². The molecule has 4 rings (SSSR count). The van der Waals surface area contributed by atoms with Gasteiger partial charge in [-0.2, -0.15) is 0 Å². The molecule has 0 bridgehead atoms. The highest BCUT2D eigenvalue weighted by Gasteiger charge is 2.36. The maximum atomic E-state index is 12.8. The van der Waals surface area contributed by atoms with Crippen LogP contribution in [0.5, 0.6) is 5.75 Å². The number of nitrogens with zero attached hydrogens (tertiary/aromatic N) is 2. The van der Waals surface area contributed by atoms with Gasteiger partial charge in [0.2, 0.25) is 0 Å². The Bertz CT molecular complexity index is 988. The Kier molecular flexibility index (Phi) is 5.98. The molecule has 2 aliphatic rings. The van der Waals surface area contributed by atoms with E-state index in [1.165, 1.54) is 25.6 Å². The molecule has 6 nitrogen and oxygen atoms in total. The van der Waals surface area contributed by atoms with Crippen LogP contribution in [-0.4, -0.2) is 43.5 Å². The number of likely N-dealkylation sites (N-methyl/N-ethyl adjacent to an activating group) is 1. The molecular formula is C25H29N3O3. The van der Waals surface area contributed by atoms with Gasteiger partial charge in [-0.3, -0.25) is 14.5 Å². The zero-order valence-corrected chi connectivity index (χ0v) is 18.4. The lowest BCUT2D eigenvalue weighted by Crippen LogP contribution is -2.27. The highest BCUT2D eigenvalue weighted by Crippen LogP contribution is 2.31. The van der Waals surface area contributed by atoms with Crippen LogP contribution in [0, 0.1) is 5.92 Å². The van der Waals surface area contributed by atoms with E-state index in [2.05, 4.69) is 36.2 Å². The molecule has 0 unspecified atom stereocenters. The Morgan fingerprint density at radius 1 is 0.935 bits per heavy atom. The van der Waals surface area contributed by atoms with Crippen LogP contribution in [-0.2, 0) is 9.59 Å². The number of hydrogen-bond donors (Lipinski definition) is 1. The summed E-state index contributed by atoms with van der Waals surface area (Å²) in [6, 6.07) is 15.3. The standard InChI is InChI=1S/C25H29N3O3/c1-17(2)16-31-21-12-6-18(7-13-21)22-23(25(30)27(3)24(22)29)26-19-8-10-20(11-9-19)28-14-4-5-15-28/h6-13,17,26H,4-5,14-16H2,1-3H3. The minimum atomic E-state index is -0.330. The molecule has 0 atom stereocenters. The molecule has 0 spiro atoms. The van der Waals surface area contributed by atoms with E-state index in [1.54, 1.807) is 0 Å². The van der Waals surface area contributed by atoms with Crippen molar-refractivity contribution in [1.29, 1.82) is 0 Å². The molecule has 2 aromatic rings. The van der Waals surface area contributed by atoms with Crippen LogP contribution in [0.1, 0.15) is 32.3 Å². The fourth-order valence-corrected chi connectivity index (χ4v) is 3.88. The van der Waals surface area contributed by atoms with E-state index in [4.69, 9.17) is 4.74 Å². The number of ether oxygens (including phenoxy) is 1. The average Bonchev–Trinajstić information content (AvgIpc) is 3.38. The third kappa shape index (κ3) is 4.43. The van der Waals surface area contributed by atoms with E-state index >= 15 is 0 Å². The van der Waals surface area contributed by atoms with Crippen LogP contribution in [0.4, 0.5) is 11.4 Å². The minimum Gasteiger partial charge on any atom is -0.493 e. The van der Waals surface area contributed by atoms with Gasteiger partial charge in [0, 0.05) is 31.5 Å². The number of carbonyl (C=O) groups excluding carboxylic acids is 2. The largest absolute Gasteiger partial charge is 0.493 e. The van der Waals surface area contributed by atoms with Crippen molar-refractivity contribution < 1.29 is 14.3 Å². The first-order valence-electron chi connectivity index (χ1n) is 10.9. The summed E-state index contributed by atoms with van der Waals surface area (Å²) in [6.45, 7) is 6.97. The third-order valence-corrected chi connectivity index (χ3v) is 5.62. The molecule has 2 heterocycles. The fourth-order valence-electron chi connectivity index (χ4n) is 3.88. The lowest BCUT2D eigenvalue weighted by atomic mass is 10.0. The van der Waals surface area contributed by atoms with Crippen molar-refractivity contribution >= 4 is 28.8 Å². The lowest BCUT2D eigenvalue weighted by Gasteiger charge is -2.18. The van der Waals surface area contributed by atoms with Gasteiger partial charge in [-0.15, -0.1) is 0 Å². The van der Waals surface area contributed by atoms with E-state index in [1.807, 2.05) is 36.4 Å². The Morgan fingerprint density at radius 2 is 1.58 bits per heavy atom. The van der Waals surface area contributed by atoms with E-state index in [0.29, 0.717) is 29.4 Å². The number of amides is 2.